The monoisotopic (exact) mass is 487 g/mol. The number of rotatable bonds is 4. The van der Waals surface area contributed by atoms with Crippen molar-refractivity contribution >= 4 is 50.7 Å². The van der Waals surface area contributed by atoms with E-state index in [4.69, 9.17) is 23.2 Å². The SMILES string of the molecule is Cc1c(C(=O)N(C)C)sc2c1c(=O)n(-c1ccc(Cl)cc1)c(=O)n2Cc1ccccc1Cl. The Balaban J connectivity index is 2.09. The molecule has 0 bridgehead atoms. The number of benzene rings is 2. The molecule has 164 valence electrons. The Kier molecular flexibility index (Phi) is 5.99. The molecule has 6 nitrogen and oxygen atoms in total. The van der Waals surface area contributed by atoms with Crippen molar-refractivity contribution < 1.29 is 4.79 Å². The van der Waals surface area contributed by atoms with E-state index in [-0.39, 0.29) is 12.5 Å². The van der Waals surface area contributed by atoms with Crippen molar-refractivity contribution in [3.05, 3.63) is 95.4 Å². The number of halogens is 2. The van der Waals surface area contributed by atoms with Crippen molar-refractivity contribution in [1.29, 1.82) is 0 Å². The molecule has 0 saturated heterocycles. The first-order valence-corrected chi connectivity index (χ1v) is 11.3. The van der Waals surface area contributed by atoms with Gasteiger partial charge in [0, 0.05) is 24.1 Å². The van der Waals surface area contributed by atoms with Gasteiger partial charge in [0.2, 0.25) is 0 Å². The Bertz CT molecular complexity index is 1470. The average molecular weight is 488 g/mol. The molecule has 9 heteroatoms. The van der Waals surface area contributed by atoms with E-state index in [1.165, 1.54) is 9.47 Å². The van der Waals surface area contributed by atoms with Crippen LogP contribution in [0.5, 0.6) is 0 Å². The third-order valence-electron chi connectivity index (χ3n) is 5.18. The lowest BCUT2D eigenvalue weighted by Gasteiger charge is -2.13. The van der Waals surface area contributed by atoms with Crippen LogP contribution in [0.2, 0.25) is 10.0 Å². The summed E-state index contributed by atoms with van der Waals surface area (Å²) in [5, 5.41) is 1.33. The fraction of sp³-hybridized carbons (Fsp3) is 0.174. The minimum absolute atomic E-state index is 0.151. The Morgan fingerprint density at radius 2 is 1.69 bits per heavy atom. The molecule has 0 N–H and O–H groups in total. The molecular weight excluding hydrogens is 469 g/mol. The number of fused-ring (bicyclic) bond motifs is 1. The van der Waals surface area contributed by atoms with E-state index in [2.05, 4.69) is 0 Å². The maximum atomic E-state index is 13.6. The predicted molar refractivity (Wildman–Crippen MR) is 130 cm³/mol. The molecule has 2 heterocycles. The van der Waals surface area contributed by atoms with E-state index in [9.17, 15) is 14.4 Å². The number of thiophene rings is 1. The summed E-state index contributed by atoms with van der Waals surface area (Å²) in [5.74, 6) is -0.224. The van der Waals surface area contributed by atoms with Gasteiger partial charge in [-0.05, 0) is 48.4 Å². The molecule has 2 aromatic carbocycles. The van der Waals surface area contributed by atoms with Gasteiger partial charge in [-0.1, -0.05) is 41.4 Å². The normalized spacial score (nSPS) is 11.2. The van der Waals surface area contributed by atoms with E-state index in [0.29, 0.717) is 36.4 Å². The fourth-order valence-electron chi connectivity index (χ4n) is 3.51. The summed E-state index contributed by atoms with van der Waals surface area (Å²) in [6.45, 7) is 1.88. The highest BCUT2D eigenvalue weighted by Crippen LogP contribution is 2.30. The highest BCUT2D eigenvalue weighted by atomic mass is 35.5. The first-order chi connectivity index (χ1) is 15.2. The lowest BCUT2D eigenvalue weighted by atomic mass is 10.2. The summed E-state index contributed by atoms with van der Waals surface area (Å²) in [4.78, 5) is 42.2. The fourth-order valence-corrected chi connectivity index (χ4v) is 5.14. The molecule has 0 aliphatic rings. The number of nitrogens with zero attached hydrogens (tertiary/aromatic N) is 3. The molecule has 0 atom stereocenters. The Hall–Kier alpha value is -2.87. The van der Waals surface area contributed by atoms with Gasteiger partial charge in [-0.2, -0.15) is 0 Å². The van der Waals surface area contributed by atoms with E-state index in [0.717, 1.165) is 21.5 Å². The van der Waals surface area contributed by atoms with Gasteiger partial charge in [0.25, 0.3) is 11.5 Å². The number of carbonyl (C=O) groups is 1. The zero-order valence-corrected chi connectivity index (χ0v) is 19.9. The van der Waals surface area contributed by atoms with Gasteiger partial charge in [-0.15, -0.1) is 11.3 Å². The highest BCUT2D eigenvalue weighted by molar-refractivity contribution is 7.20. The van der Waals surface area contributed by atoms with E-state index < -0.39 is 11.2 Å². The first kappa shape index (κ1) is 22.3. The van der Waals surface area contributed by atoms with Crippen molar-refractivity contribution in [3.8, 4) is 5.69 Å². The molecule has 0 aliphatic carbocycles. The van der Waals surface area contributed by atoms with Gasteiger partial charge in [-0.25, -0.2) is 9.36 Å². The van der Waals surface area contributed by atoms with Gasteiger partial charge in [0.05, 0.1) is 22.5 Å². The van der Waals surface area contributed by atoms with Gasteiger partial charge >= 0.3 is 5.69 Å². The first-order valence-electron chi connectivity index (χ1n) is 9.70. The van der Waals surface area contributed by atoms with Crippen LogP contribution in [0.15, 0.2) is 58.1 Å². The van der Waals surface area contributed by atoms with Gasteiger partial charge in [0.15, 0.2) is 0 Å². The third kappa shape index (κ3) is 3.77. The number of aromatic nitrogens is 2. The lowest BCUT2D eigenvalue weighted by Crippen LogP contribution is -2.39. The molecule has 0 saturated carbocycles. The van der Waals surface area contributed by atoms with Crippen LogP contribution in [0.25, 0.3) is 15.9 Å². The largest absolute Gasteiger partial charge is 0.344 e. The molecule has 0 aliphatic heterocycles. The van der Waals surface area contributed by atoms with E-state index in [1.807, 2.05) is 18.2 Å². The second-order valence-corrected chi connectivity index (χ2v) is 9.36. The Morgan fingerprint density at radius 1 is 1.03 bits per heavy atom. The minimum atomic E-state index is -0.519. The summed E-state index contributed by atoms with van der Waals surface area (Å²) < 4.78 is 2.61. The van der Waals surface area contributed by atoms with Crippen LogP contribution >= 0.6 is 34.5 Å². The van der Waals surface area contributed by atoms with Crippen LogP contribution < -0.4 is 11.2 Å². The second-order valence-electron chi connectivity index (χ2n) is 7.51. The van der Waals surface area contributed by atoms with Crippen molar-refractivity contribution in [2.24, 2.45) is 0 Å². The average Bonchev–Trinajstić information content (AvgIpc) is 3.10. The predicted octanol–water partition coefficient (Wildman–Crippen LogP) is 4.58. The summed E-state index contributed by atoms with van der Waals surface area (Å²) >= 11 is 13.5. The van der Waals surface area contributed by atoms with Crippen molar-refractivity contribution in [1.82, 2.24) is 14.0 Å². The zero-order chi connectivity index (χ0) is 23.2. The molecule has 2 aromatic heterocycles. The molecule has 0 radical (unpaired) electrons. The Labute approximate surface area is 197 Å². The minimum Gasteiger partial charge on any atom is -0.344 e. The van der Waals surface area contributed by atoms with Crippen molar-refractivity contribution in [2.45, 2.75) is 13.5 Å². The number of amides is 1. The van der Waals surface area contributed by atoms with Crippen LogP contribution in [0.4, 0.5) is 0 Å². The molecule has 1 amide bonds. The van der Waals surface area contributed by atoms with Crippen LogP contribution in [0.3, 0.4) is 0 Å². The topological polar surface area (TPSA) is 64.3 Å². The molecule has 0 fully saturated rings. The molecule has 0 unspecified atom stereocenters. The highest BCUT2D eigenvalue weighted by Gasteiger charge is 2.24. The number of aryl methyl sites for hydroxylation is 1. The number of hydrogen-bond acceptors (Lipinski definition) is 4. The summed E-state index contributed by atoms with van der Waals surface area (Å²) in [5.41, 5.74) is 0.671. The van der Waals surface area contributed by atoms with Crippen molar-refractivity contribution in [3.63, 3.8) is 0 Å². The second kappa shape index (κ2) is 8.58. The maximum Gasteiger partial charge on any atom is 0.337 e. The quantitative estimate of drug-likeness (QED) is 0.423. The Morgan fingerprint density at radius 3 is 2.31 bits per heavy atom. The lowest BCUT2D eigenvalue weighted by molar-refractivity contribution is 0.0831. The maximum absolute atomic E-state index is 13.6. The molecule has 0 spiro atoms. The van der Waals surface area contributed by atoms with E-state index in [1.54, 1.807) is 51.4 Å². The molecular formula is C23H19Cl2N3O3S. The van der Waals surface area contributed by atoms with Crippen LogP contribution in [-0.2, 0) is 6.54 Å². The standard InChI is InChI=1S/C23H19Cl2N3O3S/c1-13-18-20(29)28(16-10-8-15(24)9-11-16)23(31)27(12-14-6-4-5-7-17(14)25)22(18)32-19(13)21(30)26(2)3/h4-11H,12H2,1-3H3. The molecule has 4 rings (SSSR count). The van der Waals surface area contributed by atoms with Crippen molar-refractivity contribution in [2.75, 3.05) is 14.1 Å². The van der Waals surface area contributed by atoms with Crippen LogP contribution in [0, 0.1) is 6.92 Å². The number of carbonyl (C=O) groups excluding carboxylic acids is 1. The summed E-state index contributed by atoms with van der Waals surface area (Å²) in [6.07, 6.45) is 0. The van der Waals surface area contributed by atoms with Crippen LogP contribution in [0.1, 0.15) is 20.8 Å². The van der Waals surface area contributed by atoms with Crippen LogP contribution in [-0.4, -0.2) is 34.0 Å². The van der Waals surface area contributed by atoms with Gasteiger partial charge in [0.1, 0.15) is 4.83 Å². The third-order valence-corrected chi connectivity index (χ3v) is 7.11. The zero-order valence-electron chi connectivity index (χ0n) is 17.6. The van der Waals surface area contributed by atoms with E-state index >= 15 is 0 Å². The molecule has 32 heavy (non-hydrogen) atoms. The van der Waals surface area contributed by atoms with Gasteiger partial charge in [-0.3, -0.25) is 14.2 Å². The summed E-state index contributed by atoms with van der Waals surface area (Å²) in [6, 6.07) is 13.7. The summed E-state index contributed by atoms with van der Waals surface area (Å²) in [7, 11) is 3.30. The smallest absolute Gasteiger partial charge is 0.337 e. The van der Waals surface area contributed by atoms with Gasteiger partial charge < -0.3 is 4.90 Å². The molecule has 4 aromatic rings. The number of hydrogen-bond donors (Lipinski definition) is 0.